The number of hydrogen-bond donors (Lipinski definition) is 3. The standard InChI is InChI=1S/C17H21FN6O2.2ClH/c18-15-10-13(2-3-16(25)22-26)11-19-17(15)21-14-4-7-23(12-14)8-9-24-6-1-5-20-24;;/h1-3,5-6,10-11,14,26H,4,7-9,12H2,(H,19,21)(H,22,25);2*1H/t14-;;/m1../s1. The minimum Gasteiger partial charge on any atom is -0.364 e. The number of rotatable bonds is 7. The number of pyridine rings is 1. The molecule has 154 valence electrons. The number of anilines is 1. The van der Waals surface area contributed by atoms with Gasteiger partial charge in [0.1, 0.15) is 0 Å². The Hall–Kier alpha value is -2.20. The third kappa shape index (κ3) is 6.75. The minimum atomic E-state index is -0.686. The Morgan fingerprint density at radius 1 is 1.39 bits per heavy atom. The fraction of sp³-hybridized carbons (Fsp3) is 0.353. The number of halogens is 3. The van der Waals surface area contributed by atoms with Crippen LogP contribution in [0.3, 0.4) is 0 Å². The van der Waals surface area contributed by atoms with Gasteiger partial charge >= 0.3 is 0 Å². The van der Waals surface area contributed by atoms with Gasteiger partial charge in [0.15, 0.2) is 11.6 Å². The lowest BCUT2D eigenvalue weighted by atomic mass is 10.2. The van der Waals surface area contributed by atoms with Gasteiger partial charge in [-0.1, -0.05) is 0 Å². The van der Waals surface area contributed by atoms with E-state index in [1.165, 1.54) is 23.8 Å². The first-order valence-corrected chi connectivity index (χ1v) is 8.38. The van der Waals surface area contributed by atoms with Crippen molar-refractivity contribution in [2.45, 2.75) is 19.0 Å². The van der Waals surface area contributed by atoms with Crippen LogP contribution in [0.2, 0.25) is 0 Å². The number of amides is 1. The summed E-state index contributed by atoms with van der Waals surface area (Å²) in [6, 6.07) is 3.33. The molecule has 0 radical (unpaired) electrons. The number of carbonyl (C=O) groups excluding carboxylic acids is 1. The Morgan fingerprint density at radius 3 is 2.89 bits per heavy atom. The lowest BCUT2D eigenvalue weighted by Gasteiger charge is -2.17. The van der Waals surface area contributed by atoms with Crippen LogP contribution in [0.4, 0.5) is 10.2 Å². The molecule has 8 nitrogen and oxygen atoms in total. The number of nitrogens with zero attached hydrogens (tertiary/aromatic N) is 4. The van der Waals surface area contributed by atoms with Crippen molar-refractivity contribution >= 4 is 42.6 Å². The second-order valence-corrected chi connectivity index (χ2v) is 6.11. The largest absolute Gasteiger partial charge is 0.364 e. The number of nitrogens with one attached hydrogen (secondary N) is 2. The average Bonchev–Trinajstić information content (AvgIpc) is 3.31. The zero-order valence-corrected chi connectivity index (χ0v) is 16.6. The summed E-state index contributed by atoms with van der Waals surface area (Å²) in [6.07, 6.45) is 8.55. The topological polar surface area (TPSA) is 95.3 Å². The molecule has 1 saturated heterocycles. The van der Waals surface area contributed by atoms with Gasteiger partial charge in [-0.3, -0.25) is 19.6 Å². The smallest absolute Gasteiger partial charge is 0.267 e. The van der Waals surface area contributed by atoms with E-state index < -0.39 is 11.7 Å². The molecule has 0 unspecified atom stereocenters. The summed E-state index contributed by atoms with van der Waals surface area (Å²) >= 11 is 0. The number of carbonyl (C=O) groups is 1. The van der Waals surface area contributed by atoms with Crippen LogP contribution in [0.1, 0.15) is 12.0 Å². The Bertz CT molecular complexity index is 775. The van der Waals surface area contributed by atoms with Crippen LogP contribution in [-0.4, -0.2) is 56.5 Å². The van der Waals surface area contributed by atoms with Gasteiger partial charge in [-0.25, -0.2) is 14.9 Å². The molecule has 2 aromatic heterocycles. The Balaban J connectivity index is 0.00000196. The maximum atomic E-state index is 14.2. The molecule has 3 heterocycles. The molecule has 0 bridgehead atoms. The van der Waals surface area contributed by atoms with Crippen molar-refractivity contribution in [2.75, 3.05) is 25.0 Å². The van der Waals surface area contributed by atoms with E-state index in [-0.39, 0.29) is 36.7 Å². The molecule has 2 aromatic rings. The third-order valence-corrected chi connectivity index (χ3v) is 4.22. The second-order valence-electron chi connectivity index (χ2n) is 6.11. The Labute approximate surface area is 174 Å². The quantitative estimate of drug-likeness (QED) is 0.351. The molecular formula is C17H23Cl2FN6O2. The van der Waals surface area contributed by atoms with Crippen molar-refractivity contribution in [3.8, 4) is 0 Å². The summed E-state index contributed by atoms with van der Waals surface area (Å²) in [5.41, 5.74) is 1.90. The highest BCUT2D eigenvalue weighted by molar-refractivity contribution is 5.90. The van der Waals surface area contributed by atoms with Gasteiger partial charge in [-0.15, -0.1) is 24.8 Å². The molecule has 0 aromatic carbocycles. The summed E-state index contributed by atoms with van der Waals surface area (Å²) in [5, 5.41) is 15.8. The Kier molecular flexibility index (Phi) is 9.88. The van der Waals surface area contributed by atoms with Crippen LogP contribution in [0.5, 0.6) is 0 Å². The summed E-state index contributed by atoms with van der Waals surface area (Å²) in [7, 11) is 0. The van der Waals surface area contributed by atoms with E-state index in [2.05, 4.69) is 20.3 Å². The van der Waals surface area contributed by atoms with E-state index in [0.717, 1.165) is 38.7 Å². The average molecular weight is 433 g/mol. The molecule has 0 aliphatic carbocycles. The maximum absolute atomic E-state index is 14.2. The van der Waals surface area contributed by atoms with E-state index in [9.17, 15) is 9.18 Å². The zero-order chi connectivity index (χ0) is 18.4. The lowest BCUT2D eigenvalue weighted by Crippen LogP contribution is -2.29. The molecule has 1 amide bonds. The van der Waals surface area contributed by atoms with Gasteiger partial charge < -0.3 is 5.32 Å². The van der Waals surface area contributed by atoms with Crippen molar-refractivity contribution in [1.29, 1.82) is 0 Å². The van der Waals surface area contributed by atoms with Gasteiger partial charge in [-0.2, -0.15) is 5.10 Å². The van der Waals surface area contributed by atoms with Gasteiger partial charge in [0.2, 0.25) is 0 Å². The van der Waals surface area contributed by atoms with Crippen molar-refractivity contribution in [3.05, 3.63) is 48.2 Å². The highest BCUT2D eigenvalue weighted by atomic mass is 35.5. The molecule has 28 heavy (non-hydrogen) atoms. The molecule has 3 rings (SSSR count). The van der Waals surface area contributed by atoms with Crippen LogP contribution in [0.15, 0.2) is 36.8 Å². The molecule has 11 heteroatoms. The van der Waals surface area contributed by atoms with Gasteiger partial charge in [-0.05, 0) is 30.2 Å². The molecule has 1 aliphatic rings. The van der Waals surface area contributed by atoms with Crippen LogP contribution in [0, 0.1) is 5.82 Å². The predicted octanol–water partition coefficient (Wildman–Crippen LogP) is 1.97. The van der Waals surface area contributed by atoms with Gasteiger partial charge in [0.25, 0.3) is 5.91 Å². The molecule has 1 atom stereocenters. The van der Waals surface area contributed by atoms with Crippen LogP contribution < -0.4 is 10.8 Å². The maximum Gasteiger partial charge on any atom is 0.267 e. The normalized spacial score (nSPS) is 16.4. The first-order valence-electron chi connectivity index (χ1n) is 8.38. The number of hydroxylamine groups is 1. The molecular weight excluding hydrogens is 410 g/mol. The van der Waals surface area contributed by atoms with Crippen molar-refractivity contribution < 1.29 is 14.4 Å². The van der Waals surface area contributed by atoms with E-state index in [1.807, 2.05) is 16.9 Å². The fourth-order valence-corrected chi connectivity index (χ4v) is 2.88. The second kappa shape index (κ2) is 11.6. The first kappa shape index (κ1) is 23.8. The minimum absolute atomic E-state index is 0. The van der Waals surface area contributed by atoms with Gasteiger partial charge in [0.05, 0.1) is 6.54 Å². The molecule has 1 aliphatic heterocycles. The first-order chi connectivity index (χ1) is 12.6. The van der Waals surface area contributed by atoms with Crippen molar-refractivity contribution in [1.82, 2.24) is 25.1 Å². The SMILES string of the molecule is Cl.Cl.O=C(C=Cc1cnc(N[C@@H]2CCN(CCn3cccn3)C2)c(F)c1)NO. The monoisotopic (exact) mass is 432 g/mol. The summed E-state index contributed by atoms with van der Waals surface area (Å²) in [4.78, 5) is 17.3. The molecule has 0 spiro atoms. The van der Waals surface area contributed by atoms with E-state index in [4.69, 9.17) is 5.21 Å². The van der Waals surface area contributed by atoms with Crippen LogP contribution in [-0.2, 0) is 11.3 Å². The van der Waals surface area contributed by atoms with Crippen molar-refractivity contribution in [2.24, 2.45) is 0 Å². The summed E-state index contributed by atoms with van der Waals surface area (Å²) < 4.78 is 16.1. The van der Waals surface area contributed by atoms with Crippen LogP contribution in [0.25, 0.3) is 6.08 Å². The zero-order valence-electron chi connectivity index (χ0n) is 15.0. The molecule has 3 N–H and O–H groups in total. The fourth-order valence-electron chi connectivity index (χ4n) is 2.88. The van der Waals surface area contributed by atoms with Gasteiger partial charge in [0, 0.05) is 50.3 Å². The lowest BCUT2D eigenvalue weighted by molar-refractivity contribution is -0.124. The van der Waals surface area contributed by atoms with Crippen molar-refractivity contribution in [3.63, 3.8) is 0 Å². The number of hydrogen-bond acceptors (Lipinski definition) is 6. The molecule has 0 saturated carbocycles. The van der Waals surface area contributed by atoms with E-state index in [1.54, 1.807) is 6.20 Å². The highest BCUT2D eigenvalue weighted by Crippen LogP contribution is 2.18. The summed E-state index contributed by atoms with van der Waals surface area (Å²) in [5.74, 6) is -0.965. The summed E-state index contributed by atoms with van der Waals surface area (Å²) in [6.45, 7) is 3.49. The number of likely N-dealkylation sites (tertiary alicyclic amines) is 1. The predicted molar refractivity (Wildman–Crippen MR) is 108 cm³/mol. The third-order valence-electron chi connectivity index (χ3n) is 4.22. The van der Waals surface area contributed by atoms with E-state index >= 15 is 0 Å². The highest BCUT2D eigenvalue weighted by Gasteiger charge is 2.23. The Morgan fingerprint density at radius 2 is 2.21 bits per heavy atom. The number of aromatic nitrogens is 3. The van der Waals surface area contributed by atoms with Crippen LogP contribution >= 0.6 is 24.8 Å². The van der Waals surface area contributed by atoms with E-state index in [0.29, 0.717) is 5.56 Å². The molecule has 1 fully saturated rings.